The Balaban J connectivity index is 2.20. The number of hydrogen-bond donors (Lipinski definition) is 2. The van der Waals surface area contributed by atoms with E-state index in [1.165, 1.54) is 18.6 Å². The van der Waals surface area contributed by atoms with Gasteiger partial charge in [-0.3, -0.25) is 4.79 Å². The second-order valence-corrected chi connectivity index (χ2v) is 4.31. The number of rotatable bonds is 4. The van der Waals surface area contributed by atoms with E-state index in [1.807, 2.05) is 14.1 Å². The van der Waals surface area contributed by atoms with Gasteiger partial charge in [0.15, 0.2) is 11.5 Å². The third-order valence-corrected chi connectivity index (χ3v) is 2.60. The minimum atomic E-state index is -1.26. The monoisotopic (exact) mass is 287 g/mol. The molecular formula is C13H13N5O3. The molecule has 2 heterocycles. The van der Waals surface area contributed by atoms with E-state index < -0.39 is 11.9 Å². The lowest BCUT2D eigenvalue weighted by Gasteiger charge is -2.11. The lowest BCUT2D eigenvalue weighted by molar-refractivity contribution is 0.0691. The molecule has 2 rings (SSSR count). The standard InChI is InChI=1S/C13H13N5O3/c1-18(2)9-4-3-8(7-16-9)12(19)17-11-10(13(20)21)14-5-6-15-11/h3-7H,1-2H3,(H,20,21)(H,15,17,19). The highest BCUT2D eigenvalue weighted by molar-refractivity contribution is 6.06. The minimum Gasteiger partial charge on any atom is -0.476 e. The van der Waals surface area contributed by atoms with E-state index in [0.717, 1.165) is 0 Å². The summed E-state index contributed by atoms with van der Waals surface area (Å²) in [6.45, 7) is 0. The summed E-state index contributed by atoms with van der Waals surface area (Å²) in [5, 5.41) is 11.4. The van der Waals surface area contributed by atoms with Crippen LogP contribution in [-0.4, -0.2) is 46.0 Å². The molecule has 0 fully saturated rings. The number of anilines is 2. The number of hydrogen-bond acceptors (Lipinski definition) is 6. The van der Waals surface area contributed by atoms with Crippen LogP contribution in [0.15, 0.2) is 30.7 Å². The smallest absolute Gasteiger partial charge is 0.358 e. The lowest BCUT2D eigenvalue weighted by Crippen LogP contribution is -2.18. The SMILES string of the molecule is CN(C)c1ccc(C(=O)Nc2nccnc2C(=O)O)cn1. The van der Waals surface area contributed by atoms with E-state index >= 15 is 0 Å². The Morgan fingerprint density at radius 1 is 1.14 bits per heavy atom. The van der Waals surface area contributed by atoms with Crippen molar-refractivity contribution in [2.24, 2.45) is 0 Å². The van der Waals surface area contributed by atoms with Gasteiger partial charge in [-0.05, 0) is 12.1 Å². The molecule has 108 valence electrons. The van der Waals surface area contributed by atoms with Crippen LogP contribution in [0.1, 0.15) is 20.8 Å². The number of carboxylic acid groups (broad SMARTS) is 1. The van der Waals surface area contributed by atoms with Crippen LogP contribution in [0.4, 0.5) is 11.6 Å². The summed E-state index contributed by atoms with van der Waals surface area (Å²) in [6.07, 6.45) is 3.95. The molecule has 0 saturated carbocycles. The van der Waals surface area contributed by atoms with Crippen LogP contribution in [0.2, 0.25) is 0 Å². The second-order valence-electron chi connectivity index (χ2n) is 4.31. The van der Waals surface area contributed by atoms with Crippen molar-refractivity contribution < 1.29 is 14.7 Å². The quantitative estimate of drug-likeness (QED) is 0.859. The molecule has 0 radical (unpaired) electrons. The Labute approximate surface area is 120 Å². The molecule has 21 heavy (non-hydrogen) atoms. The van der Waals surface area contributed by atoms with Crippen molar-refractivity contribution >= 4 is 23.5 Å². The fourth-order valence-corrected chi connectivity index (χ4v) is 1.55. The zero-order valence-electron chi connectivity index (χ0n) is 11.4. The molecule has 2 aromatic heterocycles. The minimum absolute atomic E-state index is 0.105. The molecule has 0 aliphatic carbocycles. The summed E-state index contributed by atoms with van der Waals surface area (Å²) in [6, 6.07) is 3.28. The van der Waals surface area contributed by atoms with Gasteiger partial charge in [-0.2, -0.15) is 0 Å². The predicted octanol–water partition coefficient (Wildman–Crippen LogP) is 0.888. The summed E-state index contributed by atoms with van der Waals surface area (Å²) in [4.78, 5) is 36.4. The third-order valence-electron chi connectivity index (χ3n) is 2.60. The maximum Gasteiger partial charge on any atom is 0.358 e. The van der Waals surface area contributed by atoms with E-state index in [1.54, 1.807) is 17.0 Å². The largest absolute Gasteiger partial charge is 0.476 e. The molecule has 0 aliphatic rings. The summed E-state index contributed by atoms with van der Waals surface area (Å²) in [5.74, 6) is -1.17. The summed E-state index contributed by atoms with van der Waals surface area (Å²) in [7, 11) is 3.67. The Morgan fingerprint density at radius 3 is 2.43 bits per heavy atom. The van der Waals surface area contributed by atoms with Crippen molar-refractivity contribution in [3.63, 3.8) is 0 Å². The molecule has 1 amide bonds. The van der Waals surface area contributed by atoms with E-state index in [4.69, 9.17) is 5.11 Å². The van der Waals surface area contributed by atoms with Crippen molar-refractivity contribution in [1.82, 2.24) is 15.0 Å². The summed E-state index contributed by atoms with van der Waals surface area (Å²) >= 11 is 0. The average molecular weight is 287 g/mol. The van der Waals surface area contributed by atoms with Crippen molar-refractivity contribution in [3.05, 3.63) is 42.0 Å². The van der Waals surface area contributed by atoms with Gasteiger partial charge in [0.25, 0.3) is 5.91 Å². The molecule has 0 spiro atoms. The second kappa shape index (κ2) is 5.95. The molecule has 0 bridgehead atoms. The van der Waals surface area contributed by atoms with Gasteiger partial charge in [0.1, 0.15) is 5.82 Å². The predicted molar refractivity (Wildman–Crippen MR) is 75.5 cm³/mol. The highest BCUT2D eigenvalue weighted by Crippen LogP contribution is 2.12. The molecule has 0 aliphatic heterocycles. The van der Waals surface area contributed by atoms with E-state index in [-0.39, 0.29) is 11.5 Å². The van der Waals surface area contributed by atoms with Gasteiger partial charge in [0.05, 0.1) is 5.56 Å². The van der Waals surface area contributed by atoms with Crippen molar-refractivity contribution in [2.45, 2.75) is 0 Å². The molecule has 8 heteroatoms. The number of aromatic carboxylic acids is 1. The van der Waals surface area contributed by atoms with Crippen molar-refractivity contribution in [3.8, 4) is 0 Å². The maximum atomic E-state index is 12.0. The van der Waals surface area contributed by atoms with Gasteiger partial charge in [-0.25, -0.2) is 19.7 Å². The Bertz CT molecular complexity index is 670. The molecule has 2 N–H and O–H groups in total. The highest BCUT2D eigenvalue weighted by atomic mass is 16.4. The van der Waals surface area contributed by atoms with Crippen LogP contribution in [0.3, 0.4) is 0 Å². The fourth-order valence-electron chi connectivity index (χ4n) is 1.55. The first-order valence-electron chi connectivity index (χ1n) is 5.98. The Hall–Kier alpha value is -3.03. The van der Waals surface area contributed by atoms with E-state index in [0.29, 0.717) is 11.4 Å². The summed E-state index contributed by atoms with van der Waals surface area (Å²) in [5.41, 5.74) is -0.0219. The number of carboxylic acids is 1. The first kappa shape index (κ1) is 14.4. The van der Waals surface area contributed by atoms with Crippen LogP contribution in [0.25, 0.3) is 0 Å². The number of amides is 1. The number of nitrogens with zero attached hydrogens (tertiary/aromatic N) is 4. The molecule has 0 aromatic carbocycles. The molecule has 0 saturated heterocycles. The molecular weight excluding hydrogens is 274 g/mol. The van der Waals surface area contributed by atoms with Gasteiger partial charge in [0, 0.05) is 32.7 Å². The number of aromatic nitrogens is 3. The maximum absolute atomic E-state index is 12.0. The van der Waals surface area contributed by atoms with Gasteiger partial charge in [-0.1, -0.05) is 0 Å². The summed E-state index contributed by atoms with van der Waals surface area (Å²) < 4.78 is 0. The van der Waals surface area contributed by atoms with Crippen LogP contribution in [0.5, 0.6) is 0 Å². The number of carbonyl (C=O) groups excluding carboxylic acids is 1. The van der Waals surface area contributed by atoms with Gasteiger partial charge in [0.2, 0.25) is 0 Å². The van der Waals surface area contributed by atoms with Crippen molar-refractivity contribution in [2.75, 3.05) is 24.3 Å². The van der Waals surface area contributed by atoms with Crippen LogP contribution >= 0.6 is 0 Å². The number of nitrogens with one attached hydrogen (secondary N) is 1. The van der Waals surface area contributed by atoms with Gasteiger partial charge >= 0.3 is 5.97 Å². The molecule has 8 nitrogen and oxygen atoms in total. The topological polar surface area (TPSA) is 108 Å². The van der Waals surface area contributed by atoms with Crippen LogP contribution < -0.4 is 10.2 Å². The third kappa shape index (κ3) is 3.30. The normalized spacial score (nSPS) is 10.0. The number of pyridine rings is 1. The zero-order chi connectivity index (χ0) is 15.4. The molecule has 2 aromatic rings. The Morgan fingerprint density at radius 2 is 1.86 bits per heavy atom. The van der Waals surface area contributed by atoms with E-state index in [9.17, 15) is 9.59 Å². The van der Waals surface area contributed by atoms with Gasteiger partial charge in [-0.15, -0.1) is 0 Å². The van der Waals surface area contributed by atoms with Crippen molar-refractivity contribution in [1.29, 1.82) is 0 Å². The average Bonchev–Trinajstić information content (AvgIpc) is 2.47. The first-order valence-corrected chi connectivity index (χ1v) is 5.98. The van der Waals surface area contributed by atoms with Gasteiger partial charge < -0.3 is 15.3 Å². The van der Waals surface area contributed by atoms with Crippen LogP contribution in [-0.2, 0) is 0 Å². The fraction of sp³-hybridized carbons (Fsp3) is 0.154. The molecule has 0 atom stereocenters. The van der Waals surface area contributed by atoms with E-state index in [2.05, 4.69) is 20.3 Å². The Kier molecular flexibility index (Phi) is 4.07. The molecule has 0 unspecified atom stereocenters. The highest BCUT2D eigenvalue weighted by Gasteiger charge is 2.16. The zero-order valence-corrected chi connectivity index (χ0v) is 11.4. The first-order chi connectivity index (χ1) is 9.99. The number of carbonyl (C=O) groups is 2. The van der Waals surface area contributed by atoms with Crippen LogP contribution in [0, 0.1) is 0 Å². The lowest BCUT2D eigenvalue weighted by atomic mass is 10.2.